The molecule has 5 rings (SSSR count). The van der Waals surface area contributed by atoms with Gasteiger partial charge in [-0.2, -0.15) is 0 Å². The van der Waals surface area contributed by atoms with E-state index in [0.717, 1.165) is 16.6 Å². The summed E-state index contributed by atoms with van der Waals surface area (Å²) < 4.78 is 7.95. The Labute approximate surface area is 189 Å². The molecule has 0 unspecified atom stereocenters. The van der Waals surface area contributed by atoms with Crippen molar-refractivity contribution >= 4 is 28.6 Å². The molecule has 0 atom stereocenters. The highest BCUT2D eigenvalue weighted by Gasteiger charge is 2.25. The van der Waals surface area contributed by atoms with Gasteiger partial charge >= 0.3 is 0 Å². The molecule has 1 aromatic carbocycles. The van der Waals surface area contributed by atoms with Crippen molar-refractivity contribution < 1.29 is 9.53 Å². The summed E-state index contributed by atoms with van der Waals surface area (Å²) in [6.07, 6.45) is 8.45. The summed E-state index contributed by atoms with van der Waals surface area (Å²) >= 11 is 0. The average Bonchev–Trinajstić information content (AvgIpc) is 3.38. The Hall–Kier alpha value is -2.86. The molecule has 1 aliphatic heterocycles. The molecule has 0 radical (unpaired) electrons. The minimum absolute atomic E-state index is 0.00910. The predicted octanol–water partition coefficient (Wildman–Crippen LogP) is 4.89. The Bertz CT molecular complexity index is 1110. The molecule has 3 aromatic rings. The molecule has 3 heterocycles. The quantitative estimate of drug-likeness (QED) is 0.597. The standard InChI is InChI=1S/C26H32N4O2/c1-18-16-20(19(2)30(18)21-8-4-3-5-9-21)17-22(26(31)29-12-14-32-15-13-29)25-27-23-10-6-7-11-24(23)28-25/h6-7,10-11,16-17,21H,3-5,8-9,12-15H2,1-2H3,(H,27,28). The fourth-order valence-corrected chi connectivity index (χ4v) is 5.25. The maximum atomic E-state index is 13.6. The first-order valence-corrected chi connectivity index (χ1v) is 11.8. The van der Waals surface area contributed by atoms with Crippen LogP contribution in [0, 0.1) is 13.8 Å². The summed E-state index contributed by atoms with van der Waals surface area (Å²) in [7, 11) is 0. The maximum absolute atomic E-state index is 13.6. The SMILES string of the molecule is Cc1cc(C=C(C(=O)N2CCOCC2)c2nc3ccccc3[nH]2)c(C)n1C1CCCCC1. The van der Waals surface area contributed by atoms with Gasteiger partial charge in [-0.3, -0.25) is 4.79 Å². The van der Waals surface area contributed by atoms with E-state index in [2.05, 4.69) is 29.5 Å². The molecule has 6 nitrogen and oxygen atoms in total. The molecule has 2 aliphatic rings. The minimum atomic E-state index is 0.00910. The number of hydrogen-bond donors (Lipinski definition) is 1. The van der Waals surface area contributed by atoms with E-state index >= 15 is 0 Å². The number of carbonyl (C=O) groups excluding carboxylic acids is 1. The van der Waals surface area contributed by atoms with E-state index in [1.54, 1.807) is 0 Å². The lowest BCUT2D eigenvalue weighted by molar-refractivity contribution is -0.128. The number of aromatic nitrogens is 3. The number of nitrogens with zero attached hydrogens (tertiary/aromatic N) is 3. The van der Waals surface area contributed by atoms with Crippen molar-refractivity contribution in [1.82, 2.24) is 19.4 Å². The maximum Gasteiger partial charge on any atom is 0.257 e. The molecule has 1 amide bonds. The molecule has 6 heteroatoms. The van der Waals surface area contributed by atoms with Crippen LogP contribution in [0.4, 0.5) is 0 Å². The van der Waals surface area contributed by atoms with Gasteiger partial charge in [-0.1, -0.05) is 31.4 Å². The minimum Gasteiger partial charge on any atom is -0.378 e. The molecule has 2 aromatic heterocycles. The van der Waals surface area contributed by atoms with Crippen LogP contribution < -0.4 is 0 Å². The normalized spacial score (nSPS) is 18.4. The van der Waals surface area contributed by atoms with Crippen molar-refractivity contribution in [2.75, 3.05) is 26.3 Å². The smallest absolute Gasteiger partial charge is 0.257 e. The van der Waals surface area contributed by atoms with Gasteiger partial charge in [-0.15, -0.1) is 0 Å². The van der Waals surface area contributed by atoms with Crippen LogP contribution in [0.5, 0.6) is 0 Å². The number of morpholine rings is 1. The van der Waals surface area contributed by atoms with Crippen LogP contribution in [-0.2, 0) is 9.53 Å². The first-order valence-electron chi connectivity index (χ1n) is 11.8. The topological polar surface area (TPSA) is 63.2 Å². The third-order valence-electron chi connectivity index (χ3n) is 6.94. The Morgan fingerprint density at radius 3 is 2.62 bits per heavy atom. The Kier molecular flexibility index (Phi) is 5.87. The van der Waals surface area contributed by atoms with Crippen molar-refractivity contribution in [1.29, 1.82) is 0 Å². The highest BCUT2D eigenvalue weighted by Crippen LogP contribution is 2.33. The zero-order chi connectivity index (χ0) is 22.1. The highest BCUT2D eigenvalue weighted by molar-refractivity contribution is 6.23. The van der Waals surface area contributed by atoms with E-state index in [0.29, 0.717) is 43.7 Å². The molecular weight excluding hydrogens is 400 g/mol. The highest BCUT2D eigenvalue weighted by atomic mass is 16.5. The van der Waals surface area contributed by atoms with E-state index in [-0.39, 0.29) is 5.91 Å². The van der Waals surface area contributed by atoms with E-state index in [9.17, 15) is 4.79 Å². The number of imidazole rings is 1. The first kappa shape index (κ1) is 21.0. The molecule has 1 aliphatic carbocycles. The van der Waals surface area contributed by atoms with Crippen LogP contribution in [0.1, 0.15) is 60.9 Å². The van der Waals surface area contributed by atoms with E-state index in [1.807, 2.05) is 35.2 Å². The molecule has 0 spiro atoms. The van der Waals surface area contributed by atoms with Crippen molar-refractivity contribution in [2.24, 2.45) is 0 Å². The lowest BCUT2D eigenvalue weighted by atomic mass is 9.95. The van der Waals surface area contributed by atoms with E-state index < -0.39 is 0 Å². The molecule has 32 heavy (non-hydrogen) atoms. The van der Waals surface area contributed by atoms with Crippen LogP contribution in [0.15, 0.2) is 30.3 Å². The molecule has 1 N–H and O–H groups in total. The van der Waals surface area contributed by atoms with E-state index in [1.165, 1.54) is 43.5 Å². The number of hydrogen-bond acceptors (Lipinski definition) is 3. The molecule has 2 fully saturated rings. The van der Waals surface area contributed by atoms with Crippen molar-refractivity contribution in [3.63, 3.8) is 0 Å². The van der Waals surface area contributed by atoms with Gasteiger partial charge in [0.25, 0.3) is 5.91 Å². The van der Waals surface area contributed by atoms with Crippen LogP contribution in [0.3, 0.4) is 0 Å². The number of amides is 1. The lowest BCUT2D eigenvalue weighted by Crippen LogP contribution is -2.41. The van der Waals surface area contributed by atoms with Gasteiger partial charge in [0, 0.05) is 30.5 Å². The fraction of sp³-hybridized carbons (Fsp3) is 0.462. The summed E-state index contributed by atoms with van der Waals surface area (Å²) in [5, 5.41) is 0. The number of aromatic amines is 1. The number of carbonyl (C=O) groups is 1. The average molecular weight is 433 g/mol. The molecular formula is C26H32N4O2. The van der Waals surface area contributed by atoms with Gasteiger partial charge in [0.1, 0.15) is 5.82 Å². The fourth-order valence-electron chi connectivity index (χ4n) is 5.25. The number of ether oxygens (including phenoxy) is 1. The van der Waals surface area contributed by atoms with Crippen LogP contribution in [-0.4, -0.2) is 51.6 Å². The van der Waals surface area contributed by atoms with E-state index in [4.69, 9.17) is 9.72 Å². The van der Waals surface area contributed by atoms with Gasteiger partial charge in [0.15, 0.2) is 0 Å². The summed E-state index contributed by atoms with van der Waals surface area (Å²) in [5.41, 5.74) is 6.03. The number of nitrogens with one attached hydrogen (secondary N) is 1. The van der Waals surface area contributed by atoms with Gasteiger partial charge in [-0.05, 0) is 56.5 Å². The number of H-pyrrole nitrogens is 1. The van der Waals surface area contributed by atoms with Crippen LogP contribution in [0.25, 0.3) is 22.7 Å². The second-order valence-corrected chi connectivity index (χ2v) is 9.05. The van der Waals surface area contributed by atoms with Crippen molar-refractivity contribution in [3.05, 3.63) is 53.1 Å². The molecule has 0 bridgehead atoms. The number of benzene rings is 1. The second kappa shape index (κ2) is 8.94. The molecule has 1 saturated heterocycles. The van der Waals surface area contributed by atoms with Gasteiger partial charge in [0.2, 0.25) is 0 Å². The summed E-state index contributed by atoms with van der Waals surface area (Å²) in [5.74, 6) is 0.639. The van der Waals surface area contributed by atoms with Gasteiger partial charge < -0.3 is 19.2 Å². The Morgan fingerprint density at radius 1 is 1.12 bits per heavy atom. The summed E-state index contributed by atoms with van der Waals surface area (Å²) in [6, 6.07) is 10.7. The van der Waals surface area contributed by atoms with Crippen molar-refractivity contribution in [3.8, 4) is 0 Å². The number of rotatable bonds is 4. The zero-order valence-corrected chi connectivity index (χ0v) is 19.1. The predicted molar refractivity (Wildman–Crippen MR) is 127 cm³/mol. The lowest BCUT2D eigenvalue weighted by Gasteiger charge is -2.27. The summed E-state index contributed by atoms with van der Waals surface area (Å²) in [4.78, 5) is 23.6. The van der Waals surface area contributed by atoms with Gasteiger partial charge in [0.05, 0.1) is 29.8 Å². The number of para-hydroxylation sites is 2. The first-order chi connectivity index (χ1) is 15.6. The largest absolute Gasteiger partial charge is 0.378 e. The van der Waals surface area contributed by atoms with Crippen molar-refractivity contribution in [2.45, 2.75) is 52.0 Å². The van der Waals surface area contributed by atoms with Gasteiger partial charge in [-0.25, -0.2) is 4.98 Å². The molecule has 168 valence electrons. The zero-order valence-electron chi connectivity index (χ0n) is 19.1. The Morgan fingerprint density at radius 2 is 1.88 bits per heavy atom. The molecule has 1 saturated carbocycles. The number of fused-ring (bicyclic) bond motifs is 1. The summed E-state index contributed by atoms with van der Waals surface area (Å²) in [6.45, 7) is 6.74. The van der Waals surface area contributed by atoms with Crippen LogP contribution in [0.2, 0.25) is 0 Å². The Balaban J connectivity index is 1.57. The number of aryl methyl sites for hydroxylation is 1. The monoisotopic (exact) mass is 432 g/mol. The third kappa shape index (κ3) is 3.99. The second-order valence-electron chi connectivity index (χ2n) is 9.05. The third-order valence-corrected chi connectivity index (χ3v) is 6.94. The van der Waals surface area contributed by atoms with Crippen LogP contribution >= 0.6 is 0 Å².